The van der Waals surface area contributed by atoms with E-state index in [4.69, 9.17) is 9.15 Å². The number of ether oxygens (including phenoxy) is 1. The molecule has 20 heavy (non-hydrogen) atoms. The Morgan fingerprint density at radius 2 is 2.25 bits per heavy atom. The summed E-state index contributed by atoms with van der Waals surface area (Å²) in [6, 6.07) is 7.78. The summed E-state index contributed by atoms with van der Waals surface area (Å²) in [5.41, 5.74) is 2.82. The summed E-state index contributed by atoms with van der Waals surface area (Å²) in [5.74, 6) is 0.578. The molecule has 1 atom stereocenters. The van der Waals surface area contributed by atoms with E-state index in [9.17, 15) is 4.79 Å². The van der Waals surface area contributed by atoms with Crippen LogP contribution in [-0.4, -0.2) is 19.1 Å². The van der Waals surface area contributed by atoms with Crippen molar-refractivity contribution in [3.8, 4) is 5.75 Å². The van der Waals surface area contributed by atoms with Crippen LogP contribution < -0.4 is 15.4 Å². The van der Waals surface area contributed by atoms with Crippen molar-refractivity contribution in [3.63, 3.8) is 0 Å². The van der Waals surface area contributed by atoms with Gasteiger partial charge in [0.2, 0.25) is 0 Å². The summed E-state index contributed by atoms with van der Waals surface area (Å²) in [7, 11) is 0. The summed E-state index contributed by atoms with van der Waals surface area (Å²) < 4.78 is 10.5. The lowest BCUT2D eigenvalue weighted by atomic mass is 10.00. The molecule has 5 heteroatoms. The number of hydrogen-bond acceptors (Lipinski definition) is 4. The van der Waals surface area contributed by atoms with Gasteiger partial charge in [-0.15, -0.1) is 0 Å². The van der Waals surface area contributed by atoms with Gasteiger partial charge in [-0.3, -0.25) is 4.79 Å². The third-order valence-corrected chi connectivity index (χ3v) is 3.25. The minimum Gasteiger partial charge on any atom is -0.482 e. The first-order valence-corrected chi connectivity index (χ1v) is 6.60. The molecule has 1 aliphatic heterocycles. The fourth-order valence-electron chi connectivity index (χ4n) is 2.35. The topological polar surface area (TPSA) is 63.5 Å². The van der Waals surface area contributed by atoms with Crippen LogP contribution in [0.15, 0.2) is 41.2 Å². The number of carbonyl (C=O) groups is 1. The zero-order valence-electron chi connectivity index (χ0n) is 11.2. The Hall–Kier alpha value is -2.27. The first kappa shape index (κ1) is 12.7. The van der Waals surface area contributed by atoms with Crippen molar-refractivity contribution in [3.05, 3.63) is 47.9 Å². The maximum atomic E-state index is 11.4. The van der Waals surface area contributed by atoms with Crippen LogP contribution in [0.3, 0.4) is 0 Å². The number of hydrogen-bond donors (Lipinski definition) is 2. The first-order chi connectivity index (χ1) is 9.78. The first-order valence-electron chi connectivity index (χ1n) is 6.60. The average molecular weight is 272 g/mol. The largest absolute Gasteiger partial charge is 0.482 e. The minimum atomic E-state index is -0.127. The SMILES string of the molecule is CCNC(c1ccoc1)c1ccc2c(c1)NC(=O)CO2. The Morgan fingerprint density at radius 3 is 3.00 bits per heavy atom. The minimum absolute atomic E-state index is 0.0304. The summed E-state index contributed by atoms with van der Waals surface area (Å²) in [5, 5.41) is 6.23. The quantitative estimate of drug-likeness (QED) is 0.896. The molecule has 1 aromatic carbocycles. The van der Waals surface area contributed by atoms with Crippen molar-refractivity contribution in [2.75, 3.05) is 18.5 Å². The Bertz CT molecular complexity index is 608. The molecule has 2 aromatic rings. The Labute approximate surface area is 116 Å². The maximum Gasteiger partial charge on any atom is 0.262 e. The molecule has 0 fully saturated rings. The molecule has 104 valence electrons. The van der Waals surface area contributed by atoms with Gasteiger partial charge in [0.15, 0.2) is 6.61 Å². The van der Waals surface area contributed by atoms with E-state index in [2.05, 4.69) is 17.6 Å². The van der Waals surface area contributed by atoms with E-state index in [1.54, 1.807) is 12.5 Å². The smallest absolute Gasteiger partial charge is 0.262 e. The normalized spacial score (nSPS) is 15.2. The third-order valence-electron chi connectivity index (χ3n) is 3.25. The number of fused-ring (bicyclic) bond motifs is 1. The van der Waals surface area contributed by atoms with E-state index in [0.717, 1.165) is 17.7 Å². The highest BCUT2D eigenvalue weighted by molar-refractivity contribution is 5.95. The highest BCUT2D eigenvalue weighted by Crippen LogP contribution is 2.32. The molecule has 0 radical (unpaired) electrons. The molecular formula is C15H16N2O3. The zero-order chi connectivity index (χ0) is 13.9. The molecule has 2 heterocycles. The van der Waals surface area contributed by atoms with Gasteiger partial charge in [0.25, 0.3) is 5.91 Å². The predicted molar refractivity (Wildman–Crippen MR) is 74.8 cm³/mol. The Balaban J connectivity index is 1.95. The second-order valence-electron chi connectivity index (χ2n) is 4.64. The molecular weight excluding hydrogens is 256 g/mol. The van der Waals surface area contributed by atoms with Crippen LogP contribution in [0.5, 0.6) is 5.75 Å². The molecule has 3 rings (SSSR count). The van der Waals surface area contributed by atoms with E-state index in [1.807, 2.05) is 24.3 Å². The van der Waals surface area contributed by atoms with Gasteiger partial charge in [-0.2, -0.15) is 0 Å². The van der Waals surface area contributed by atoms with Gasteiger partial charge >= 0.3 is 0 Å². The summed E-state index contributed by atoms with van der Waals surface area (Å²) in [6.45, 7) is 2.96. The van der Waals surface area contributed by atoms with E-state index in [1.165, 1.54) is 0 Å². The third kappa shape index (κ3) is 2.40. The van der Waals surface area contributed by atoms with Gasteiger partial charge in [0.05, 0.1) is 24.3 Å². The number of rotatable bonds is 4. The van der Waals surface area contributed by atoms with Gasteiger partial charge in [-0.25, -0.2) is 0 Å². The predicted octanol–water partition coefficient (Wildman–Crippen LogP) is 2.31. The Morgan fingerprint density at radius 1 is 1.35 bits per heavy atom. The maximum absolute atomic E-state index is 11.4. The standard InChI is InChI=1S/C15H16N2O3/c1-2-16-15(11-5-6-19-8-11)10-3-4-13-12(7-10)17-14(18)9-20-13/h3-8,15-16H,2,9H2,1H3,(H,17,18). The van der Waals surface area contributed by atoms with Crippen molar-refractivity contribution in [2.24, 2.45) is 0 Å². The van der Waals surface area contributed by atoms with E-state index in [-0.39, 0.29) is 18.6 Å². The van der Waals surface area contributed by atoms with E-state index in [0.29, 0.717) is 11.4 Å². The molecule has 0 aliphatic carbocycles. The van der Waals surface area contributed by atoms with E-state index < -0.39 is 0 Å². The lowest BCUT2D eigenvalue weighted by Crippen LogP contribution is -2.26. The summed E-state index contributed by atoms with van der Waals surface area (Å²) in [6.07, 6.45) is 3.38. The molecule has 1 aliphatic rings. The second kappa shape index (κ2) is 5.38. The van der Waals surface area contributed by atoms with Crippen molar-refractivity contribution in [2.45, 2.75) is 13.0 Å². The molecule has 0 saturated carbocycles. The van der Waals surface area contributed by atoms with Gasteiger partial charge in [-0.1, -0.05) is 13.0 Å². The lowest BCUT2D eigenvalue weighted by Gasteiger charge is -2.22. The van der Waals surface area contributed by atoms with Crippen LogP contribution in [0.2, 0.25) is 0 Å². The zero-order valence-corrected chi connectivity index (χ0v) is 11.2. The second-order valence-corrected chi connectivity index (χ2v) is 4.64. The molecule has 1 amide bonds. The van der Waals surface area contributed by atoms with Gasteiger partial charge in [0, 0.05) is 5.56 Å². The number of amides is 1. The van der Waals surface area contributed by atoms with Gasteiger partial charge < -0.3 is 19.8 Å². The number of carbonyl (C=O) groups excluding carboxylic acids is 1. The summed E-state index contributed by atoms with van der Waals surface area (Å²) >= 11 is 0. The number of benzene rings is 1. The Kier molecular flexibility index (Phi) is 3.43. The fraction of sp³-hybridized carbons (Fsp3) is 0.267. The highest BCUT2D eigenvalue weighted by Gasteiger charge is 2.20. The number of nitrogens with one attached hydrogen (secondary N) is 2. The number of anilines is 1. The van der Waals surface area contributed by atoms with Crippen LogP contribution in [0.25, 0.3) is 0 Å². The van der Waals surface area contributed by atoms with Crippen molar-refractivity contribution >= 4 is 11.6 Å². The number of furan rings is 1. The van der Waals surface area contributed by atoms with Crippen LogP contribution in [0, 0.1) is 0 Å². The van der Waals surface area contributed by atoms with Crippen molar-refractivity contribution in [1.29, 1.82) is 0 Å². The van der Waals surface area contributed by atoms with Crippen LogP contribution in [-0.2, 0) is 4.79 Å². The molecule has 2 N–H and O–H groups in total. The highest BCUT2D eigenvalue weighted by atomic mass is 16.5. The lowest BCUT2D eigenvalue weighted by molar-refractivity contribution is -0.118. The van der Waals surface area contributed by atoms with Crippen molar-refractivity contribution < 1.29 is 13.9 Å². The van der Waals surface area contributed by atoms with Crippen LogP contribution in [0.4, 0.5) is 5.69 Å². The van der Waals surface area contributed by atoms with E-state index >= 15 is 0 Å². The molecule has 0 saturated heterocycles. The molecule has 5 nitrogen and oxygen atoms in total. The molecule has 0 spiro atoms. The van der Waals surface area contributed by atoms with Gasteiger partial charge in [-0.05, 0) is 30.3 Å². The molecule has 1 aromatic heterocycles. The fourth-order valence-corrected chi connectivity index (χ4v) is 2.35. The molecule has 1 unspecified atom stereocenters. The molecule has 0 bridgehead atoms. The van der Waals surface area contributed by atoms with Crippen LogP contribution >= 0.6 is 0 Å². The van der Waals surface area contributed by atoms with Crippen molar-refractivity contribution in [1.82, 2.24) is 5.32 Å². The monoisotopic (exact) mass is 272 g/mol. The van der Waals surface area contributed by atoms with Gasteiger partial charge in [0.1, 0.15) is 5.75 Å². The summed E-state index contributed by atoms with van der Waals surface area (Å²) in [4.78, 5) is 11.4. The average Bonchev–Trinajstić information content (AvgIpc) is 2.98. The van der Waals surface area contributed by atoms with Crippen LogP contribution in [0.1, 0.15) is 24.1 Å².